The first kappa shape index (κ1) is 53.8. The number of hydrogen-bond donors (Lipinski definition) is 0. The summed E-state index contributed by atoms with van der Waals surface area (Å²) in [6.45, 7) is 8.39. The summed E-state index contributed by atoms with van der Waals surface area (Å²) in [5.74, 6) is -1.90. The average Bonchev–Trinajstić information content (AvgIpc) is 0.667. The van der Waals surface area contributed by atoms with Crippen molar-refractivity contribution in [2.75, 3.05) is 0 Å². The summed E-state index contributed by atoms with van der Waals surface area (Å²) in [6, 6.07) is 91.8. The van der Waals surface area contributed by atoms with Crippen molar-refractivity contribution in [3.05, 3.63) is 356 Å². The molecule has 0 radical (unpaired) electrons. The molecule has 0 amide bonds. The second-order valence-electron chi connectivity index (χ2n) is 24.7. The van der Waals surface area contributed by atoms with Crippen LogP contribution in [0.25, 0.3) is 0 Å². The van der Waals surface area contributed by atoms with E-state index in [0.717, 1.165) is 89.0 Å². The van der Waals surface area contributed by atoms with E-state index < -0.39 is 52.2 Å². The molecule has 4 heterocycles. The predicted molar refractivity (Wildman–Crippen MR) is 366 cm³/mol. The van der Waals surface area contributed by atoms with Gasteiger partial charge in [-0.25, -0.2) is 0 Å². The smallest absolute Gasteiger partial charge is 0.172 e. The van der Waals surface area contributed by atoms with E-state index in [1.807, 2.05) is 121 Å². The fraction of sp³-hybridized carbons (Fsp3) is 0.100. The van der Waals surface area contributed by atoms with Gasteiger partial charge in [0.15, 0.2) is 28.6 Å². The summed E-state index contributed by atoms with van der Waals surface area (Å²) < 4.78 is 75.2. The van der Waals surface area contributed by atoms with Crippen LogP contribution in [0.1, 0.15) is 113 Å². The van der Waals surface area contributed by atoms with Gasteiger partial charge in [0.25, 0.3) is 0 Å². The van der Waals surface area contributed by atoms with Gasteiger partial charge in [-0.05, 0) is 117 Å². The summed E-state index contributed by atoms with van der Waals surface area (Å²) in [6.07, 6.45) is 0. The minimum atomic E-state index is -4.13. The number of benzene rings is 12. The van der Waals surface area contributed by atoms with Crippen LogP contribution in [0.4, 0.5) is 0 Å². The SMILES string of the molecule is Cc1c2c3cc4c1P(=O)(c1ccccc1)c1c(cc5c(c1C)P(=O)(c1ccccc1)c1c(cc6c(c1C)P(=O)(c1ccccc1)c1c(cc(c(c1C)P2(=O)c1ccccc1)C3c1ccccc1)C6c1ccccc1)C5c1ccccc1)C4c1ccccc1. The lowest BCUT2D eigenvalue weighted by Crippen LogP contribution is -2.50. The summed E-state index contributed by atoms with van der Waals surface area (Å²) >= 11 is 0. The first-order chi connectivity index (χ1) is 42.9. The third kappa shape index (κ3) is 6.96. The molecule has 0 saturated heterocycles. The molecule has 424 valence electrons. The van der Waals surface area contributed by atoms with Crippen LogP contribution in [0.5, 0.6) is 0 Å². The van der Waals surface area contributed by atoms with Crippen LogP contribution in [0.2, 0.25) is 0 Å². The topological polar surface area (TPSA) is 68.3 Å². The van der Waals surface area contributed by atoms with E-state index in [2.05, 4.69) is 173 Å². The zero-order valence-electron chi connectivity index (χ0n) is 49.1. The van der Waals surface area contributed by atoms with Gasteiger partial charge in [-0.3, -0.25) is 0 Å². The molecule has 0 bridgehead atoms. The molecular weight excluding hydrogens is 1150 g/mol. The zero-order chi connectivity index (χ0) is 59.6. The van der Waals surface area contributed by atoms with Crippen molar-refractivity contribution in [3.63, 3.8) is 0 Å². The molecule has 4 nitrogen and oxygen atoms in total. The molecule has 4 aliphatic heterocycles. The molecular formula is C80H60O4P4. The van der Waals surface area contributed by atoms with Crippen LogP contribution < -0.4 is 63.7 Å². The Morgan fingerprint density at radius 3 is 0.489 bits per heavy atom. The maximum Gasteiger partial charge on any atom is 0.172 e. The van der Waals surface area contributed by atoms with Crippen molar-refractivity contribution in [3.8, 4) is 0 Å². The van der Waals surface area contributed by atoms with E-state index in [1.54, 1.807) is 0 Å². The molecule has 16 rings (SSSR count). The van der Waals surface area contributed by atoms with Crippen LogP contribution in [0.15, 0.2) is 267 Å². The van der Waals surface area contributed by atoms with E-state index >= 15 is 18.3 Å². The highest BCUT2D eigenvalue weighted by atomic mass is 31.2. The Labute approximate surface area is 514 Å². The van der Waals surface area contributed by atoms with Crippen LogP contribution in [-0.4, -0.2) is 0 Å². The first-order valence-corrected chi connectivity index (χ1v) is 37.3. The lowest BCUT2D eigenvalue weighted by atomic mass is 9.74. The fourth-order valence-electron chi connectivity index (χ4n) is 17.2. The minimum absolute atomic E-state index is 0.474. The Morgan fingerprint density at radius 1 is 0.205 bits per heavy atom. The molecule has 0 fully saturated rings. The number of rotatable bonds is 8. The maximum absolute atomic E-state index is 18.8. The van der Waals surface area contributed by atoms with Crippen molar-refractivity contribution >= 4 is 92.2 Å². The molecule has 88 heavy (non-hydrogen) atoms. The van der Waals surface area contributed by atoms with Gasteiger partial charge in [0.2, 0.25) is 0 Å². The quantitative estimate of drug-likeness (QED) is 0.142. The summed E-state index contributed by atoms with van der Waals surface area (Å²) in [7, 11) is -16.5. The van der Waals surface area contributed by atoms with Crippen molar-refractivity contribution in [2.45, 2.75) is 51.4 Å². The Bertz CT molecular complexity index is 4350. The van der Waals surface area contributed by atoms with Crippen LogP contribution >= 0.6 is 28.6 Å². The third-order valence-corrected chi connectivity index (χ3v) is 34.2. The first-order valence-electron chi connectivity index (χ1n) is 30.5. The van der Waals surface area contributed by atoms with Gasteiger partial charge in [0, 0.05) is 87.3 Å². The zero-order valence-corrected chi connectivity index (χ0v) is 52.7. The molecule has 0 saturated carbocycles. The molecule has 0 N–H and O–H groups in total. The molecule has 0 unspecified atom stereocenters. The summed E-state index contributed by atoms with van der Waals surface area (Å²) in [5.41, 5.74) is 14.3. The Hall–Kier alpha value is -8.44. The van der Waals surface area contributed by atoms with Crippen LogP contribution in [0.3, 0.4) is 0 Å². The van der Waals surface area contributed by atoms with E-state index in [1.165, 1.54) is 0 Å². The van der Waals surface area contributed by atoms with E-state index in [-0.39, 0.29) is 0 Å². The van der Waals surface area contributed by atoms with Crippen molar-refractivity contribution < 1.29 is 18.3 Å². The van der Waals surface area contributed by atoms with Crippen LogP contribution in [-0.2, 0) is 18.3 Å². The van der Waals surface area contributed by atoms with Crippen molar-refractivity contribution in [1.82, 2.24) is 0 Å². The molecule has 8 heteroatoms. The van der Waals surface area contributed by atoms with Crippen LogP contribution in [0, 0.1) is 27.7 Å². The molecule has 12 aromatic rings. The Morgan fingerprint density at radius 2 is 0.341 bits per heavy atom. The molecule has 0 aromatic heterocycles. The largest absolute Gasteiger partial charge is 0.309 e. The highest BCUT2D eigenvalue weighted by Gasteiger charge is 2.57. The summed E-state index contributed by atoms with van der Waals surface area (Å²) in [5, 5.41) is 7.98. The second-order valence-corrected chi connectivity index (χ2v) is 35.2. The minimum Gasteiger partial charge on any atom is -0.309 e. The van der Waals surface area contributed by atoms with Gasteiger partial charge in [0.1, 0.15) is 0 Å². The second kappa shape index (κ2) is 19.5. The van der Waals surface area contributed by atoms with Crippen molar-refractivity contribution in [2.24, 2.45) is 0 Å². The van der Waals surface area contributed by atoms with E-state index in [4.69, 9.17) is 0 Å². The predicted octanol–water partition coefficient (Wildman–Crippen LogP) is 13.8. The standard InChI is InChI=1S/C80H60O4P4/c1-49-73-61-45-62-70(54-31-15-6-16-32-54)64-47-66-72(56-35-19-8-20-36-56)68-48-67-71(55-33-17-7-18-34-55)65-46-63(69(61)53-29-13-5-14-30-53)75(85(73,81)57-37-21-9-22-38-57)50(2)77(65)87(83,59-41-25-11-26-42-59)79(67)52(4)80(68)88(84,60-43-27-12-28-44-60)78(66)51(3)76(64)86(82,74(49)62)58-39-23-10-24-40-58/h5-48,69-72H,1-4H3. The monoisotopic (exact) mass is 1210 g/mol. The van der Waals surface area contributed by atoms with Gasteiger partial charge in [-0.2, -0.15) is 0 Å². The highest BCUT2D eigenvalue weighted by molar-refractivity contribution is 7.89. The fourth-order valence-corrected chi connectivity index (χ4v) is 32.0. The average molecular weight is 1210 g/mol. The number of fused-ring (bicyclic) bond motifs is 8. The van der Waals surface area contributed by atoms with E-state index in [0.29, 0.717) is 63.7 Å². The molecule has 4 aliphatic rings. The lowest BCUT2D eigenvalue weighted by Gasteiger charge is -2.47. The lowest BCUT2D eigenvalue weighted by molar-refractivity contribution is 0.590. The molecule has 0 spiro atoms. The molecule has 0 aliphatic carbocycles. The molecule has 12 aromatic carbocycles. The highest BCUT2D eigenvalue weighted by Crippen LogP contribution is 2.65. The van der Waals surface area contributed by atoms with Crippen molar-refractivity contribution in [1.29, 1.82) is 0 Å². The Kier molecular flexibility index (Phi) is 11.9. The van der Waals surface area contributed by atoms with Gasteiger partial charge in [-0.1, -0.05) is 267 Å². The summed E-state index contributed by atoms with van der Waals surface area (Å²) in [4.78, 5) is 0. The Balaban J connectivity index is 1.20. The van der Waals surface area contributed by atoms with Gasteiger partial charge >= 0.3 is 0 Å². The normalized spacial score (nSPS) is 23.6. The maximum atomic E-state index is 18.8. The molecule has 0 atom stereocenters. The van der Waals surface area contributed by atoms with Gasteiger partial charge in [0.05, 0.1) is 0 Å². The van der Waals surface area contributed by atoms with Gasteiger partial charge in [-0.15, -0.1) is 0 Å². The van der Waals surface area contributed by atoms with E-state index in [9.17, 15) is 0 Å². The number of hydrogen-bond acceptors (Lipinski definition) is 4. The van der Waals surface area contributed by atoms with Gasteiger partial charge < -0.3 is 18.3 Å². The third-order valence-electron chi connectivity index (χ3n) is 20.3.